The Morgan fingerprint density at radius 2 is 2.11 bits per heavy atom. The number of hydrogen-bond donors (Lipinski definition) is 0. The van der Waals surface area contributed by atoms with Crippen LogP contribution < -0.4 is 56.5 Å². The largest absolute Gasteiger partial charge is 1.00 e. The number of carboxylic acids is 1. The van der Waals surface area contributed by atoms with Gasteiger partial charge in [0.15, 0.2) is 0 Å². The number of carbonyl (C=O) groups excluding carboxylic acids is 1. The average Bonchev–Trinajstić information content (AvgIpc) is 2.32. The van der Waals surface area contributed by atoms with Crippen LogP contribution in [0.1, 0.15) is 46.0 Å². The number of carbonyl (C=O) groups is 1. The molecule has 1 rings (SSSR count). The molecule has 0 saturated heterocycles. The van der Waals surface area contributed by atoms with Crippen LogP contribution in [0.5, 0.6) is 0 Å². The molecule has 0 fully saturated rings. The molecule has 0 N–H and O–H groups in total. The molecule has 0 aliphatic heterocycles. The van der Waals surface area contributed by atoms with Gasteiger partial charge in [-0.1, -0.05) is 38.0 Å². The first-order chi connectivity index (χ1) is 8.66. The molecule has 4 heteroatoms. The molecular formula is C15H21KO3. The zero-order valence-electron chi connectivity index (χ0n) is 12.2. The van der Waals surface area contributed by atoms with E-state index in [4.69, 9.17) is 4.74 Å². The predicted octanol–water partition coefficient (Wildman–Crippen LogP) is -0.502. The second-order valence-corrected chi connectivity index (χ2v) is 4.42. The molecule has 0 bridgehead atoms. The van der Waals surface area contributed by atoms with E-state index in [1.807, 2.05) is 12.2 Å². The van der Waals surface area contributed by atoms with Gasteiger partial charge in [-0.2, -0.15) is 0 Å². The van der Waals surface area contributed by atoms with E-state index < -0.39 is 5.97 Å². The molecule has 0 radical (unpaired) electrons. The maximum Gasteiger partial charge on any atom is 1.00 e. The molecule has 0 aromatic heterocycles. The molecule has 0 unspecified atom stereocenters. The Morgan fingerprint density at radius 1 is 1.37 bits per heavy atom. The molecule has 0 aromatic carbocycles. The van der Waals surface area contributed by atoms with Crippen molar-refractivity contribution in [2.75, 3.05) is 6.61 Å². The van der Waals surface area contributed by atoms with Crippen molar-refractivity contribution in [1.29, 1.82) is 0 Å². The Labute approximate surface area is 158 Å². The first-order valence-electron chi connectivity index (χ1n) is 6.56. The molecule has 0 heterocycles. The number of carboxylic acid groups (broad SMARTS) is 1. The quantitative estimate of drug-likeness (QED) is 0.376. The van der Waals surface area contributed by atoms with Gasteiger partial charge in [0.25, 0.3) is 0 Å². The van der Waals surface area contributed by atoms with Crippen molar-refractivity contribution in [3.8, 4) is 0 Å². The number of hydrogen-bond acceptors (Lipinski definition) is 3. The topological polar surface area (TPSA) is 49.4 Å². The summed E-state index contributed by atoms with van der Waals surface area (Å²) in [7, 11) is 0. The summed E-state index contributed by atoms with van der Waals surface area (Å²) < 4.78 is 5.71. The number of ether oxygens (including phenoxy) is 1. The summed E-state index contributed by atoms with van der Waals surface area (Å²) >= 11 is 0. The van der Waals surface area contributed by atoms with Crippen LogP contribution in [-0.4, -0.2) is 12.6 Å². The van der Waals surface area contributed by atoms with Crippen molar-refractivity contribution in [3.05, 3.63) is 35.1 Å². The van der Waals surface area contributed by atoms with Crippen LogP contribution in [0, 0.1) is 0 Å². The van der Waals surface area contributed by atoms with E-state index in [0.717, 1.165) is 25.0 Å². The standard InChI is InChI=1S/C15H22O3.K/c1-3-4-8-11-18-14-10-7-5-6-9-13(12(14)2)15(16)17;/h5,7,9H,3-4,6,8,10-11H2,1-2H3,(H,16,17);/q;+1/p-1/b7-5-,13-9?,14-12+;. The van der Waals surface area contributed by atoms with Crippen molar-refractivity contribution >= 4 is 5.97 Å². The molecule has 0 saturated carbocycles. The first-order valence-corrected chi connectivity index (χ1v) is 6.56. The average molecular weight is 288 g/mol. The van der Waals surface area contributed by atoms with Crippen molar-refractivity contribution < 1.29 is 66.0 Å². The van der Waals surface area contributed by atoms with Crippen LogP contribution in [0.4, 0.5) is 0 Å². The second kappa shape index (κ2) is 10.9. The fourth-order valence-corrected chi connectivity index (χ4v) is 1.88. The van der Waals surface area contributed by atoms with Crippen LogP contribution in [0.3, 0.4) is 0 Å². The van der Waals surface area contributed by atoms with Gasteiger partial charge in [-0.25, -0.2) is 0 Å². The molecule has 0 aromatic rings. The molecular weight excluding hydrogens is 267 g/mol. The van der Waals surface area contributed by atoms with E-state index in [0.29, 0.717) is 25.0 Å². The summed E-state index contributed by atoms with van der Waals surface area (Å²) in [5.41, 5.74) is 0.945. The Balaban J connectivity index is 0.00000324. The molecule has 1 aliphatic carbocycles. The first kappa shape index (κ1) is 19.1. The zero-order valence-corrected chi connectivity index (χ0v) is 15.3. The zero-order chi connectivity index (χ0) is 13.4. The molecule has 3 nitrogen and oxygen atoms in total. The minimum Gasteiger partial charge on any atom is -0.545 e. The third-order valence-corrected chi connectivity index (χ3v) is 2.99. The fraction of sp³-hybridized carbons (Fsp3) is 0.533. The third kappa shape index (κ3) is 6.91. The minimum atomic E-state index is -1.13. The summed E-state index contributed by atoms with van der Waals surface area (Å²) in [5.74, 6) is -0.380. The van der Waals surface area contributed by atoms with Gasteiger partial charge in [-0.3, -0.25) is 0 Å². The van der Waals surface area contributed by atoms with E-state index in [9.17, 15) is 9.90 Å². The van der Waals surface area contributed by atoms with Crippen LogP contribution in [0.15, 0.2) is 35.1 Å². The minimum absolute atomic E-state index is 0. The van der Waals surface area contributed by atoms with Crippen LogP contribution in [0.2, 0.25) is 0 Å². The van der Waals surface area contributed by atoms with Crippen LogP contribution >= 0.6 is 0 Å². The van der Waals surface area contributed by atoms with Crippen molar-refractivity contribution in [2.45, 2.75) is 46.0 Å². The Bertz CT molecular complexity index is 381. The van der Waals surface area contributed by atoms with Gasteiger partial charge >= 0.3 is 51.4 Å². The van der Waals surface area contributed by atoms with Crippen molar-refractivity contribution in [1.82, 2.24) is 0 Å². The van der Waals surface area contributed by atoms with Gasteiger partial charge in [0.05, 0.1) is 12.6 Å². The number of allylic oxidation sites excluding steroid dienone is 3. The molecule has 1 aliphatic rings. The maximum absolute atomic E-state index is 11.1. The fourth-order valence-electron chi connectivity index (χ4n) is 1.88. The van der Waals surface area contributed by atoms with Gasteiger partial charge in [-0.15, -0.1) is 0 Å². The van der Waals surface area contributed by atoms with Crippen molar-refractivity contribution in [2.24, 2.45) is 0 Å². The van der Waals surface area contributed by atoms with E-state index in [2.05, 4.69) is 6.92 Å². The van der Waals surface area contributed by atoms with Gasteiger partial charge in [0.1, 0.15) is 5.76 Å². The van der Waals surface area contributed by atoms with E-state index in [1.54, 1.807) is 13.0 Å². The Hall–Kier alpha value is 0.126. The Morgan fingerprint density at radius 3 is 2.74 bits per heavy atom. The normalized spacial score (nSPS) is 20.6. The summed E-state index contributed by atoms with van der Waals surface area (Å²) in [6.07, 6.45) is 10.2. The molecule has 0 amide bonds. The Kier molecular flexibility index (Phi) is 10.9. The molecule has 19 heavy (non-hydrogen) atoms. The number of rotatable bonds is 6. The van der Waals surface area contributed by atoms with Crippen LogP contribution in [0.25, 0.3) is 0 Å². The second-order valence-electron chi connectivity index (χ2n) is 4.42. The monoisotopic (exact) mass is 288 g/mol. The maximum atomic E-state index is 11.1. The summed E-state index contributed by atoms with van der Waals surface area (Å²) in [6.45, 7) is 4.57. The van der Waals surface area contributed by atoms with Gasteiger partial charge in [-0.05, 0) is 30.9 Å². The third-order valence-electron chi connectivity index (χ3n) is 2.99. The van der Waals surface area contributed by atoms with Gasteiger partial charge in [0.2, 0.25) is 0 Å². The molecule has 100 valence electrons. The SMILES string of the molecule is CCCCCO/C1=C(\C)C(C(=O)[O-])=CC/C=C\C1.[K+]. The van der Waals surface area contributed by atoms with Crippen molar-refractivity contribution in [3.63, 3.8) is 0 Å². The number of unbranched alkanes of at least 4 members (excludes halogenated alkanes) is 2. The van der Waals surface area contributed by atoms with E-state index in [1.165, 1.54) is 0 Å². The summed E-state index contributed by atoms with van der Waals surface area (Å²) in [4.78, 5) is 11.1. The van der Waals surface area contributed by atoms with Gasteiger partial charge < -0.3 is 14.6 Å². The van der Waals surface area contributed by atoms with Gasteiger partial charge in [0, 0.05) is 6.42 Å². The summed E-state index contributed by atoms with van der Waals surface area (Å²) in [6, 6.07) is 0. The van der Waals surface area contributed by atoms with E-state index >= 15 is 0 Å². The molecule has 0 atom stereocenters. The molecule has 0 spiro atoms. The number of aliphatic carboxylic acids is 1. The van der Waals surface area contributed by atoms with E-state index in [-0.39, 0.29) is 57.0 Å². The summed E-state index contributed by atoms with van der Waals surface area (Å²) in [5, 5.41) is 11.1. The van der Waals surface area contributed by atoms with Crippen LogP contribution in [-0.2, 0) is 9.53 Å². The smallest absolute Gasteiger partial charge is 0.545 e. The predicted molar refractivity (Wildman–Crippen MR) is 69.6 cm³/mol.